The van der Waals surface area contributed by atoms with Crippen molar-refractivity contribution in [1.29, 1.82) is 0 Å². The van der Waals surface area contributed by atoms with Crippen molar-refractivity contribution in [2.45, 2.75) is 12.8 Å². The second kappa shape index (κ2) is 5.58. The molecule has 0 saturated carbocycles. The second-order valence-electron chi connectivity index (χ2n) is 3.38. The highest BCUT2D eigenvalue weighted by molar-refractivity contribution is 5.99. The zero-order valence-corrected chi connectivity index (χ0v) is 9.24. The molecule has 1 aromatic carbocycles. The van der Waals surface area contributed by atoms with Gasteiger partial charge in [-0.25, -0.2) is 8.78 Å². The lowest BCUT2D eigenvalue weighted by molar-refractivity contribution is 0.0981. The average Bonchev–Trinajstić information content (AvgIpc) is 2.29. The van der Waals surface area contributed by atoms with E-state index in [0.717, 1.165) is 6.07 Å². The summed E-state index contributed by atoms with van der Waals surface area (Å²) in [6, 6.07) is 2.22. The van der Waals surface area contributed by atoms with Gasteiger partial charge in [-0.1, -0.05) is 0 Å². The van der Waals surface area contributed by atoms with Gasteiger partial charge < -0.3 is 15.6 Å². The van der Waals surface area contributed by atoms with Gasteiger partial charge in [-0.2, -0.15) is 0 Å². The Balaban J connectivity index is 3.28. The number of nitrogens with two attached hydrogens (primary N) is 1. The number of benzene rings is 1. The smallest absolute Gasteiger partial charge is 0.267 e. The van der Waals surface area contributed by atoms with Crippen LogP contribution < -0.4 is 10.5 Å². The molecule has 0 amide bonds. The fourth-order valence-electron chi connectivity index (χ4n) is 1.39. The predicted octanol–water partition coefficient (Wildman–Crippen LogP) is 1.87. The van der Waals surface area contributed by atoms with E-state index in [2.05, 4.69) is 0 Å². The number of hydrogen-bond acceptors (Lipinski definition) is 4. The van der Waals surface area contributed by atoms with E-state index in [-0.39, 0.29) is 24.3 Å². The maximum Gasteiger partial charge on any atom is 0.267 e. The predicted molar refractivity (Wildman–Crippen MR) is 57.6 cm³/mol. The largest absolute Gasteiger partial charge is 0.507 e. The summed E-state index contributed by atoms with van der Waals surface area (Å²) in [6.07, 6.45) is -2.90. The Morgan fingerprint density at radius 3 is 2.65 bits per heavy atom. The summed E-state index contributed by atoms with van der Waals surface area (Å²) in [5.41, 5.74) is 4.39. The first-order chi connectivity index (χ1) is 8.01. The lowest BCUT2D eigenvalue weighted by Gasteiger charge is -2.11. The van der Waals surface area contributed by atoms with Gasteiger partial charge in [0.1, 0.15) is 11.5 Å². The Kier molecular flexibility index (Phi) is 4.39. The molecule has 6 heteroatoms. The van der Waals surface area contributed by atoms with Crippen LogP contribution in [-0.4, -0.2) is 24.5 Å². The number of halogens is 2. The molecule has 0 spiro atoms. The van der Waals surface area contributed by atoms with Crippen LogP contribution in [0.1, 0.15) is 28.8 Å². The van der Waals surface area contributed by atoms with E-state index in [9.17, 15) is 18.7 Å². The quantitative estimate of drug-likeness (QED) is 0.777. The van der Waals surface area contributed by atoms with Gasteiger partial charge in [0.25, 0.3) is 6.43 Å². The standard InChI is InChI=1S/C11H13F2NO3/c1-17-6-4-7(9(15)2-3-14)10(16)8(5-6)11(12)13/h4-5,11,16H,2-3,14H2,1H3. The van der Waals surface area contributed by atoms with Gasteiger partial charge in [-0.15, -0.1) is 0 Å². The molecule has 0 aliphatic rings. The second-order valence-corrected chi connectivity index (χ2v) is 3.38. The minimum Gasteiger partial charge on any atom is -0.507 e. The van der Waals surface area contributed by atoms with Gasteiger partial charge in [0.15, 0.2) is 5.78 Å². The molecule has 94 valence electrons. The minimum absolute atomic E-state index is 0.0244. The van der Waals surface area contributed by atoms with Crippen LogP contribution in [0.15, 0.2) is 12.1 Å². The number of ether oxygens (including phenoxy) is 1. The van der Waals surface area contributed by atoms with Gasteiger partial charge in [0, 0.05) is 6.42 Å². The topological polar surface area (TPSA) is 72.5 Å². The lowest BCUT2D eigenvalue weighted by Crippen LogP contribution is -2.09. The van der Waals surface area contributed by atoms with Crippen molar-refractivity contribution in [3.63, 3.8) is 0 Å². The van der Waals surface area contributed by atoms with E-state index in [1.165, 1.54) is 13.2 Å². The number of alkyl halides is 2. The third-order valence-corrected chi connectivity index (χ3v) is 2.26. The molecule has 0 fully saturated rings. The van der Waals surface area contributed by atoms with Crippen LogP contribution in [0, 0.1) is 0 Å². The summed E-state index contributed by atoms with van der Waals surface area (Å²) < 4.78 is 30.0. The van der Waals surface area contributed by atoms with Gasteiger partial charge in [-0.3, -0.25) is 4.79 Å². The van der Waals surface area contributed by atoms with Crippen LogP contribution in [0.25, 0.3) is 0 Å². The Hall–Kier alpha value is -1.69. The zero-order valence-electron chi connectivity index (χ0n) is 9.24. The van der Waals surface area contributed by atoms with E-state index < -0.39 is 23.5 Å². The van der Waals surface area contributed by atoms with Crippen LogP contribution in [0.5, 0.6) is 11.5 Å². The molecule has 4 nitrogen and oxygen atoms in total. The Morgan fingerprint density at radius 2 is 2.18 bits per heavy atom. The number of hydrogen-bond donors (Lipinski definition) is 2. The molecular weight excluding hydrogens is 232 g/mol. The Morgan fingerprint density at radius 1 is 1.53 bits per heavy atom. The first kappa shape index (κ1) is 13.4. The van der Waals surface area contributed by atoms with Crippen molar-refractivity contribution in [2.75, 3.05) is 13.7 Å². The highest BCUT2D eigenvalue weighted by Gasteiger charge is 2.21. The number of phenolic OH excluding ortho intramolecular Hbond substituents is 1. The van der Waals surface area contributed by atoms with E-state index in [0.29, 0.717) is 0 Å². The summed E-state index contributed by atoms with van der Waals surface area (Å²) in [5, 5.41) is 9.58. The van der Waals surface area contributed by atoms with Gasteiger partial charge in [0.2, 0.25) is 0 Å². The zero-order chi connectivity index (χ0) is 13.0. The van der Waals surface area contributed by atoms with Crippen molar-refractivity contribution in [3.8, 4) is 11.5 Å². The van der Waals surface area contributed by atoms with Crippen LogP contribution in [0.3, 0.4) is 0 Å². The van der Waals surface area contributed by atoms with Crippen molar-refractivity contribution in [1.82, 2.24) is 0 Å². The van der Waals surface area contributed by atoms with E-state index in [4.69, 9.17) is 10.5 Å². The normalized spacial score (nSPS) is 10.6. The molecule has 17 heavy (non-hydrogen) atoms. The number of carbonyl (C=O) groups is 1. The Bertz CT molecular complexity index is 421. The monoisotopic (exact) mass is 245 g/mol. The highest BCUT2D eigenvalue weighted by atomic mass is 19.3. The Labute approximate surface area is 97.0 Å². The molecular formula is C11H13F2NO3. The fourth-order valence-corrected chi connectivity index (χ4v) is 1.39. The lowest BCUT2D eigenvalue weighted by atomic mass is 10.0. The maximum atomic E-state index is 12.6. The molecule has 0 bridgehead atoms. The van der Waals surface area contributed by atoms with Gasteiger partial charge in [-0.05, 0) is 18.7 Å². The average molecular weight is 245 g/mol. The summed E-state index contributed by atoms with van der Waals surface area (Å²) in [7, 11) is 1.29. The first-order valence-electron chi connectivity index (χ1n) is 4.93. The summed E-state index contributed by atoms with van der Waals surface area (Å²) in [4.78, 5) is 11.6. The molecule has 0 aliphatic carbocycles. The van der Waals surface area contributed by atoms with E-state index in [1.807, 2.05) is 0 Å². The van der Waals surface area contributed by atoms with Crippen LogP contribution >= 0.6 is 0 Å². The first-order valence-corrected chi connectivity index (χ1v) is 4.93. The minimum atomic E-state index is -2.88. The summed E-state index contributed by atoms with van der Waals surface area (Å²) in [6.45, 7) is 0.0828. The number of methoxy groups -OCH3 is 1. The molecule has 0 aromatic heterocycles. The third-order valence-electron chi connectivity index (χ3n) is 2.26. The van der Waals surface area contributed by atoms with Crippen molar-refractivity contribution < 1.29 is 23.4 Å². The van der Waals surface area contributed by atoms with Crippen molar-refractivity contribution >= 4 is 5.78 Å². The molecule has 1 aromatic rings. The highest BCUT2D eigenvalue weighted by Crippen LogP contribution is 2.35. The van der Waals surface area contributed by atoms with E-state index in [1.54, 1.807) is 0 Å². The van der Waals surface area contributed by atoms with Crippen molar-refractivity contribution in [2.24, 2.45) is 5.73 Å². The molecule has 0 saturated heterocycles. The van der Waals surface area contributed by atoms with Crippen LogP contribution in [-0.2, 0) is 0 Å². The number of Topliss-reactive ketones (excluding diaryl/α,β-unsaturated/α-hetero) is 1. The fraction of sp³-hybridized carbons (Fsp3) is 0.364. The molecule has 0 heterocycles. The summed E-state index contributed by atoms with van der Waals surface area (Å²) in [5.74, 6) is -1.11. The molecule has 0 radical (unpaired) electrons. The van der Waals surface area contributed by atoms with Gasteiger partial charge in [0.05, 0.1) is 18.2 Å². The van der Waals surface area contributed by atoms with Crippen LogP contribution in [0.2, 0.25) is 0 Å². The molecule has 0 atom stereocenters. The van der Waals surface area contributed by atoms with Crippen molar-refractivity contribution in [3.05, 3.63) is 23.3 Å². The maximum absolute atomic E-state index is 12.6. The number of ketones is 1. The number of carbonyl (C=O) groups excluding carboxylic acids is 1. The molecule has 3 N–H and O–H groups in total. The number of aromatic hydroxyl groups is 1. The molecule has 0 aliphatic heterocycles. The molecule has 0 unspecified atom stereocenters. The molecule has 1 rings (SSSR count). The number of rotatable bonds is 5. The van der Waals surface area contributed by atoms with E-state index >= 15 is 0 Å². The SMILES string of the molecule is COc1cc(C(=O)CCN)c(O)c(C(F)F)c1. The van der Waals surface area contributed by atoms with Crippen LogP contribution in [0.4, 0.5) is 8.78 Å². The summed E-state index contributed by atoms with van der Waals surface area (Å²) >= 11 is 0. The third kappa shape index (κ3) is 2.91. The van der Waals surface area contributed by atoms with Gasteiger partial charge >= 0.3 is 0 Å². The number of phenols is 1.